The van der Waals surface area contributed by atoms with Gasteiger partial charge in [0.1, 0.15) is 17.9 Å². The predicted octanol–water partition coefficient (Wildman–Crippen LogP) is 3.93. The van der Waals surface area contributed by atoms with Gasteiger partial charge in [-0.25, -0.2) is 9.18 Å². The third-order valence-corrected chi connectivity index (χ3v) is 5.20. The number of halogens is 3. The van der Waals surface area contributed by atoms with E-state index in [0.29, 0.717) is 5.56 Å². The average molecular weight is 424 g/mol. The standard InChI is InChI=1S/C19H16Cl2FN3O3/c1-2-19(11-6-8-12(22)9-7-11)17(27)25(18(28)24-19)10-15(26)23-16-13(20)4-3-5-14(16)21/h3-9H,2,10H2,1H3,(H,23,26)(H,24,28). The second-order valence-corrected chi connectivity index (χ2v) is 7.05. The maximum Gasteiger partial charge on any atom is 0.325 e. The number of nitrogens with zero attached hydrogens (tertiary/aromatic N) is 1. The van der Waals surface area contributed by atoms with Crippen molar-refractivity contribution >= 4 is 46.7 Å². The molecule has 146 valence electrons. The highest BCUT2D eigenvalue weighted by molar-refractivity contribution is 6.39. The Bertz CT molecular complexity index is 932. The van der Waals surface area contributed by atoms with E-state index in [1.165, 1.54) is 24.3 Å². The largest absolute Gasteiger partial charge is 0.325 e. The Morgan fingerprint density at radius 1 is 1.14 bits per heavy atom. The number of amides is 4. The van der Waals surface area contributed by atoms with Crippen LogP contribution in [0.2, 0.25) is 10.0 Å². The topological polar surface area (TPSA) is 78.5 Å². The number of anilines is 1. The van der Waals surface area contributed by atoms with Gasteiger partial charge in [-0.3, -0.25) is 14.5 Å². The number of para-hydroxylation sites is 1. The number of imide groups is 1. The molecular weight excluding hydrogens is 408 g/mol. The molecule has 0 aliphatic carbocycles. The summed E-state index contributed by atoms with van der Waals surface area (Å²) < 4.78 is 13.2. The first-order valence-electron chi connectivity index (χ1n) is 8.42. The highest BCUT2D eigenvalue weighted by Crippen LogP contribution is 2.33. The Morgan fingerprint density at radius 2 is 1.75 bits per heavy atom. The smallest absolute Gasteiger partial charge is 0.322 e. The summed E-state index contributed by atoms with van der Waals surface area (Å²) in [6.07, 6.45) is 0.234. The molecule has 28 heavy (non-hydrogen) atoms. The highest BCUT2D eigenvalue weighted by Gasteiger charge is 2.51. The Hall–Kier alpha value is -2.64. The minimum atomic E-state index is -1.35. The molecule has 4 amide bonds. The minimum Gasteiger partial charge on any atom is -0.322 e. The Kier molecular flexibility index (Phi) is 5.58. The fourth-order valence-corrected chi connectivity index (χ4v) is 3.58. The fraction of sp³-hybridized carbons (Fsp3) is 0.211. The lowest BCUT2D eigenvalue weighted by Gasteiger charge is -2.25. The van der Waals surface area contributed by atoms with Gasteiger partial charge >= 0.3 is 6.03 Å². The molecule has 1 aliphatic rings. The molecule has 2 aromatic rings. The number of hydrogen-bond donors (Lipinski definition) is 2. The molecule has 0 saturated carbocycles. The Balaban J connectivity index is 1.81. The molecule has 0 spiro atoms. The summed E-state index contributed by atoms with van der Waals surface area (Å²) in [7, 11) is 0. The summed E-state index contributed by atoms with van der Waals surface area (Å²) in [4.78, 5) is 38.6. The molecule has 2 aromatic carbocycles. The van der Waals surface area contributed by atoms with Crippen molar-refractivity contribution < 1.29 is 18.8 Å². The Morgan fingerprint density at radius 3 is 2.32 bits per heavy atom. The molecule has 1 aliphatic heterocycles. The normalized spacial score (nSPS) is 18.9. The molecule has 6 nitrogen and oxygen atoms in total. The van der Waals surface area contributed by atoms with Gasteiger partial charge in [-0.15, -0.1) is 0 Å². The van der Waals surface area contributed by atoms with E-state index in [-0.39, 0.29) is 22.2 Å². The molecule has 0 bridgehead atoms. The maximum atomic E-state index is 13.2. The summed E-state index contributed by atoms with van der Waals surface area (Å²) >= 11 is 12.0. The van der Waals surface area contributed by atoms with Crippen LogP contribution in [0.4, 0.5) is 14.9 Å². The first-order chi connectivity index (χ1) is 13.3. The van der Waals surface area contributed by atoms with Crippen LogP contribution in [0.15, 0.2) is 42.5 Å². The van der Waals surface area contributed by atoms with Gasteiger partial charge < -0.3 is 10.6 Å². The van der Waals surface area contributed by atoms with Crippen molar-refractivity contribution in [1.29, 1.82) is 0 Å². The number of carbonyl (C=O) groups excluding carboxylic acids is 3. The molecule has 1 atom stereocenters. The lowest BCUT2D eigenvalue weighted by atomic mass is 9.87. The van der Waals surface area contributed by atoms with Gasteiger partial charge in [0.2, 0.25) is 5.91 Å². The molecule has 2 N–H and O–H groups in total. The first kappa shape index (κ1) is 20.1. The molecule has 3 rings (SSSR count). The predicted molar refractivity (Wildman–Crippen MR) is 104 cm³/mol. The van der Waals surface area contributed by atoms with Crippen molar-refractivity contribution in [1.82, 2.24) is 10.2 Å². The number of urea groups is 1. The van der Waals surface area contributed by atoms with Crippen LogP contribution in [0, 0.1) is 5.82 Å². The monoisotopic (exact) mass is 423 g/mol. The number of hydrogen-bond acceptors (Lipinski definition) is 3. The van der Waals surface area contributed by atoms with Crippen molar-refractivity contribution in [2.24, 2.45) is 0 Å². The van der Waals surface area contributed by atoms with Gasteiger partial charge in [0, 0.05) is 0 Å². The van der Waals surface area contributed by atoms with Gasteiger partial charge in [0.15, 0.2) is 0 Å². The highest BCUT2D eigenvalue weighted by atomic mass is 35.5. The lowest BCUT2D eigenvalue weighted by Crippen LogP contribution is -2.44. The van der Waals surface area contributed by atoms with Crippen molar-refractivity contribution in [2.75, 3.05) is 11.9 Å². The number of nitrogens with one attached hydrogen (secondary N) is 2. The van der Waals surface area contributed by atoms with E-state index in [1.54, 1.807) is 25.1 Å². The fourth-order valence-electron chi connectivity index (χ4n) is 3.08. The van der Waals surface area contributed by atoms with Crippen LogP contribution in [-0.2, 0) is 15.1 Å². The van der Waals surface area contributed by atoms with Crippen molar-refractivity contribution in [3.05, 3.63) is 63.9 Å². The summed E-state index contributed by atoms with van der Waals surface area (Å²) in [6, 6.07) is 9.30. The Labute approximate surface area is 170 Å². The number of carbonyl (C=O) groups is 3. The van der Waals surface area contributed by atoms with Crippen LogP contribution < -0.4 is 10.6 Å². The van der Waals surface area contributed by atoms with E-state index in [1.807, 2.05) is 0 Å². The van der Waals surface area contributed by atoms with E-state index < -0.39 is 35.7 Å². The average Bonchev–Trinajstić information content (AvgIpc) is 2.90. The van der Waals surface area contributed by atoms with Crippen LogP contribution >= 0.6 is 23.2 Å². The summed E-state index contributed by atoms with van der Waals surface area (Å²) in [6.45, 7) is 1.20. The van der Waals surface area contributed by atoms with Crippen LogP contribution in [-0.4, -0.2) is 29.3 Å². The van der Waals surface area contributed by atoms with Gasteiger partial charge in [-0.05, 0) is 36.2 Å². The van der Waals surface area contributed by atoms with Crippen LogP contribution in [0.1, 0.15) is 18.9 Å². The zero-order chi connectivity index (χ0) is 20.5. The van der Waals surface area contributed by atoms with Crippen LogP contribution in [0.5, 0.6) is 0 Å². The number of benzene rings is 2. The van der Waals surface area contributed by atoms with Gasteiger partial charge in [-0.2, -0.15) is 0 Å². The van der Waals surface area contributed by atoms with Gasteiger partial charge in [0.25, 0.3) is 5.91 Å². The van der Waals surface area contributed by atoms with E-state index in [0.717, 1.165) is 4.90 Å². The summed E-state index contributed by atoms with van der Waals surface area (Å²) in [5.74, 6) is -1.68. The van der Waals surface area contributed by atoms with E-state index in [4.69, 9.17) is 23.2 Å². The molecule has 0 aromatic heterocycles. The van der Waals surface area contributed by atoms with Crippen molar-refractivity contribution in [2.45, 2.75) is 18.9 Å². The maximum absolute atomic E-state index is 13.2. The SMILES string of the molecule is CCC1(c2ccc(F)cc2)NC(=O)N(CC(=O)Nc2c(Cl)cccc2Cl)C1=O. The summed E-state index contributed by atoms with van der Waals surface area (Å²) in [5, 5.41) is 5.60. The van der Waals surface area contributed by atoms with E-state index in [2.05, 4.69) is 10.6 Å². The van der Waals surface area contributed by atoms with Crippen LogP contribution in [0.3, 0.4) is 0 Å². The van der Waals surface area contributed by atoms with Crippen LogP contribution in [0.25, 0.3) is 0 Å². The molecule has 0 radical (unpaired) electrons. The molecule has 1 heterocycles. The second kappa shape index (κ2) is 7.77. The van der Waals surface area contributed by atoms with E-state index >= 15 is 0 Å². The zero-order valence-corrected chi connectivity index (χ0v) is 16.3. The molecular formula is C19H16Cl2FN3O3. The molecule has 1 saturated heterocycles. The molecule has 1 unspecified atom stereocenters. The molecule has 1 fully saturated rings. The first-order valence-corrected chi connectivity index (χ1v) is 9.18. The quantitative estimate of drug-likeness (QED) is 0.715. The minimum absolute atomic E-state index is 0.197. The van der Waals surface area contributed by atoms with Gasteiger partial charge in [-0.1, -0.05) is 48.3 Å². The van der Waals surface area contributed by atoms with E-state index in [9.17, 15) is 18.8 Å². The second-order valence-electron chi connectivity index (χ2n) is 6.23. The lowest BCUT2D eigenvalue weighted by molar-refractivity contribution is -0.134. The number of rotatable bonds is 5. The van der Waals surface area contributed by atoms with Gasteiger partial charge in [0.05, 0.1) is 15.7 Å². The third-order valence-electron chi connectivity index (χ3n) is 4.57. The van der Waals surface area contributed by atoms with Crippen molar-refractivity contribution in [3.63, 3.8) is 0 Å². The third kappa shape index (κ3) is 3.55. The van der Waals surface area contributed by atoms with Crippen molar-refractivity contribution in [3.8, 4) is 0 Å². The summed E-state index contributed by atoms with van der Waals surface area (Å²) in [5.41, 5.74) is -0.720. The zero-order valence-electron chi connectivity index (χ0n) is 14.8. The molecule has 9 heteroatoms.